The lowest BCUT2D eigenvalue weighted by Gasteiger charge is -2.26. The Bertz CT molecular complexity index is 848. The number of benzene rings is 1. The molecule has 1 aromatic rings. The zero-order valence-electron chi connectivity index (χ0n) is 20.8. The maximum absolute atomic E-state index is 13.1. The smallest absolute Gasteiger partial charge is 0.405 e. The molecular weight excluding hydrogens is 490 g/mol. The maximum Gasteiger partial charge on any atom is 0.405 e. The second-order valence-corrected chi connectivity index (χ2v) is 12.5. The first-order chi connectivity index (χ1) is 16.3. The molecule has 1 rings (SSSR count). The molecule has 0 heterocycles. The summed E-state index contributed by atoms with van der Waals surface area (Å²) in [5.74, 6) is 3.88. The lowest BCUT2D eigenvalue weighted by atomic mass is 10.0. The Kier molecular flexibility index (Phi) is 13.0. The van der Waals surface area contributed by atoms with Crippen LogP contribution in [-0.4, -0.2) is 52.5 Å². The number of hydrogen-bond donors (Lipinski definition) is 5. The summed E-state index contributed by atoms with van der Waals surface area (Å²) < 4.78 is 4.99. The van der Waals surface area contributed by atoms with E-state index in [1.807, 2.05) is 40.7 Å². The molecule has 0 fully saturated rings. The van der Waals surface area contributed by atoms with Crippen LogP contribution in [0.4, 0.5) is 4.79 Å². The molecule has 0 saturated heterocycles. The first-order valence-corrected chi connectivity index (χ1v) is 13.6. The molecule has 3 atom stereocenters. The molecule has 35 heavy (non-hydrogen) atoms. The number of hydrazine groups is 1. The van der Waals surface area contributed by atoms with E-state index in [2.05, 4.69) is 16.1 Å². The minimum atomic E-state index is -1.22. The van der Waals surface area contributed by atoms with Gasteiger partial charge in [0, 0.05) is 16.9 Å². The normalized spacial score (nSPS) is 13.9. The van der Waals surface area contributed by atoms with Gasteiger partial charge in [-0.1, -0.05) is 86.5 Å². The molecule has 12 heteroatoms. The highest BCUT2D eigenvalue weighted by Crippen LogP contribution is 2.35. The SMILES string of the molecule is CC(C)C[C@H](NC(=O)[C@H](Cc1ccccc1)OC(N)=O)C(=O)N[C@@H](CSSC(C)(C)C)C(=O)NN. The summed E-state index contributed by atoms with van der Waals surface area (Å²) in [7, 11) is 3.00. The van der Waals surface area contributed by atoms with Crippen LogP contribution >= 0.6 is 21.6 Å². The Morgan fingerprint density at radius 1 is 0.971 bits per heavy atom. The van der Waals surface area contributed by atoms with Crippen molar-refractivity contribution in [3.05, 3.63) is 35.9 Å². The monoisotopic (exact) mass is 527 g/mol. The van der Waals surface area contributed by atoms with Gasteiger partial charge in [-0.3, -0.25) is 19.8 Å². The molecule has 0 aromatic heterocycles. The van der Waals surface area contributed by atoms with Crippen LogP contribution in [0.2, 0.25) is 0 Å². The average Bonchev–Trinajstić information content (AvgIpc) is 2.76. The Hall–Kier alpha value is -2.44. The van der Waals surface area contributed by atoms with E-state index in [1.54, 1.807) is 35.1 Å². The molecule has 7 N–H and O–H groups in total. The molecular formula is C23H37N5O5S2. The van der Waals surface area contributed by atoms with Crippen molar-refractivity contribution >= 4 is 45.4 Å². The average molecular weight is 528 g/mol. The first-order valence-electron chi connectivity index (χ1n) is 11.2. The van der Waals surface area contributed by atoms with Gasteiger partial charge in [-0.25, -0.2) is 10.6 Å². The van der Waals surface area contributed by atoms with Crippen LogP contribution in [0.5, 0.6) is 0 Å². The zero-order chi connectivity index (χ0) is 26.6. The highest BCUT2D eigenvalue weighted by molar-refractivity contribution is 8.77. The van der Waals surface area contributed by atoms with Crippen molar-refractivity contribution in [1.82, 2.24) is 16.1 Å². The molecule has 0 bridgehead atoms. The van der Waals surface area contributed by atoms with E-state index in [0.717, 1.165) is 5.56 Å². The van der Waals surface area contributed by atoms with Crippen LogP contribution in [0.25, 0.3) is 0 Å². The van der Waals surface area contributed by atoms with Gasteiger partial charge >= 0.3 is 6.09 Å². The van der Waals surface area contributed by atoms with Crippen molar-refractivity contribution in [1.29, 1.82) is 0 Å². The van der Waals surface area contributed by atoms with Gasteiger partial charge in [-0.05, 0) is 17.9 Å². The molecule has 1 aromatic carbocycles. The van der Waals surface area contributed by atoms with E-state index in [9.17, 15) is 19.2 Å². The summed E-state index contributed by atoms with van der Waals surface area (Å²) in [5.41, 5.74) is 7.99. The van der Waals surface area contributed by atoms with Gasteiger partial charge in [0.1, 0.15) is 12.1 Å². The molecule has 0 aliphatic heterocycles. The van der Waals surface area contributed by atoms with Gasteiger partial charge in [0.05, 0.1) is 0 Å². The third-order valence-electron chi connectivity index (χ3n) is 4.47. The van der Waals surface area contributed by atoms with Crippen molar-refractivity contribution in [2.75, 3.05) is 5.75 Å². The first kappa shape index (κ1) is 30.6. The van der Waals surface area contributed by atoms with Gasteiger partial charge in [0.25, 0.3) is 11.8 Å². The molecule has 0 aliphatic rings. The molecule has 0 unspecified atom stereocenters. The van der Waals surface area contributed by atoms with Gasteiger partial charge < -0.3 is 21.1 Å². The quantitative estimate of drug-likeness (QED) is 0.112. The Morgan fingerprint density at radius 2 is 1.57 bits per heavy atom. The van der Waals surface area contributed by atoms with Crippen LogP contribution in [0, 0.1) is 5.92 Å². The fourth-order valence-electron chi connectivity index (χ4n) is 2.96. The van der Waals surface area contributed by atoms with E-state index in [4.69, 9.17) is 16.3 Å². The van der Waals surface area contributed by atoms with Gasteiger partial charge in [0.15, 0.2) is 6.10 Å². The maximum atomic E-state index is 13.1. The van der Waals surface area contributed by atoms with E-state index in [0.29, 0.717) is 6.42 Å². The lowest BCUT2D eigenvalue weighted by Crippen LogP contribution is -2.57. The Morgan fingerprint density at radius 3 is 2.09 bits per heavy atom. The molecule has 0 spiro atoms. The lowest BCUT2D eigenvalue weighted by molar-refractivity contribution is -0.135. The summed E-state index contributed by atoms with van der Waals surface area (Å²) in [4.78, 5) is 49.8. The number of rotatable bonds is 13. The van der Waals surface area contributed by atoms with E-state index >= 15 is 0 Å². The molecule has 10 nitrogen and oxygen atoms in total. The second kappa shape index (κ2) is 14.8. The van der Waals surface area contributed by atoms with Crippen LogP contribution < -0.4 is 27.6 Å². The Labute approximate surface area is 214 Å². The number of amides is 4. The van der Waals surface area contributed by atoms with Gasteiger partial charge in [-0.2, -0.15) is 0 Å². The highest BCUT2D eigenvalue weighted by Gasteiger charge is 2.31. The van der Waals surface area contributed by atoms with Crippen LogP contribution in [0.1, 0.15) is 46.6 Å². The van der Waals surface area contributed by atoms with Crippen molar-refractivity contribution in [2.45, 2.75) is 70.4 Å². The highest BCUT2D eigenvalue weighted by atomic mass is 33.1. The second-order valence-electron chi connectivity index (χ2n) is 9.36. The number of nitrogens with two attached hydrogens (primary N) is 2. The summed E-state index contributed by atoms with van der Waals surface area (Å²) in [6.07, 6.45) is -1.93. The molecule has 0 saturated carbocycles. The van der Waals surface area contributed by atoms with Crippen molar-refractivity contribution in [2.24, 2.45) is 17.5 Å². The summed E-state index contributed by atoms with van der Waals surface area (Å²) in [6, 6.07) is 7.11. The van der Waals surface area contributed by atoms with Crippen LogP contribution in [0.3, 0.4) is 0 Å². The topological polar surface area (TPSA) is 166 Å². The van der Waals surface area contributed by atoms with Gasteiger partial charge in [-0.15, -0.1) is 0 Å². The summed E-state index contributed by atoms with van der Waals surface area (Å²) >= 11 is 0. The number of carbonyl (C=O) groups excluding carboxylic acids is 4. The predicted octanol–water partition coefficient (Wildman–Crippen LogP) is 1.88. The fourth-order valence-corrected chi connectivity index (χ4v) is 5.42. The third kappa shape index (κ3) is 12.7. The number of ether oxygens (including phenoxy) is 1. The Balaban J connectivity index is 2.97. The minimum Gasteiger partial charge on any atom is -0.436 e. The number of carbonyl (C=O) groups is 4. The largest absolute Gasteiger partial charge is 0.436 e. The zero-order valence-corrected chi connectivity index (χ0v) is 22.5. The molecule has 4 amide bonds. The standard InChI is InChI=1S/C23H37N5O5S2/c1-14(2)11-16(19(29)27-17(20(30)28-25)13-34-35-23(3,4)5)26-21(31)18(33-22(24)32)12-15-9-7-6-8-10-15/h6-10,14,16-18H,11-13,25H2,1-5H3,(H2,24,32)(H,26,31)(H,27,29)(H,28,30)/t16-,17-,18-/m0/s1. The fraction of sp³-hybridized carbons (Fsp3) is 0.565. The van der Waals surface area contributed by atoms with E-state index < -0.39 is 42.0 Å². The molecule has 0 aliphatic carbocycles. The number of primary amides is 1. The van der Waals surface area contributed by atoms with Gasteiger partial charge in [0.2, 0.25) is 5.91 Å². The van der Waals surface area contributed by atoms with Crippen molar-refractivity contribution in [3.8, 4) is 0 Å². The summed E-state index contributed by atoms with van der Waals surface area (Å²) in [6.45, 7) is 9.90. The predicted molar refractivity (Wildman–Crippen MR) is 140 cm³/mol. The number of nitrogens with one attached hydrogen (secondary N) is 3. The van der Waals surface area contributed by atoms with Crippen LogP contribution in [-0.2, 0) is 25.5 Å². The van der Waals surface area contributed by atoms with Crippen molar-refractivity contribution < 1.29 is 23.9 Å². The van der Waals surface area contributed by atoms with Crippen molar-refractivity contribution in [3.63, 3.8) is 0 Å². The molecule has 0 radical (unpaired) electrons. The van der Waals surface area contributed by atoms with Crippen LogP contribution in [0.15, 0.2) is 30.3 Å². The third-order valence-corrected chi connectivity index (χ3v) is 7.82. The minimum absolute atomic E-state index is 0.0409. The summed E-state index contributed by atoms with van der Waals surface area (Å²) in [5, 5.41) is 5.34. The van der Waals surface area contributed by atoms with E-state index in [1.165, 1.54) is 10.8 Å². The molecule has 196 valence electrons. The number of hydrogen-bond acceptors (Lipinski definition) is 8. The van der Waals surface area contributed by atoms with E-state index in [-0.39, 0.29) is 22.8 Å².